The van der Waals surface area contributed by atoms with Crippen molar-refractivity contribution in [2.24, 2.45) is 0 Å². The van der Waals surface area contributed by atoms with Crippen molar-refractivity contribution in [2.45, 2.75) is 19.4 Å². The lowest BCUT2D eigenvalue weighted by molar-refractivity contribution is 0.0656. The highest BCUT2D eigenvalue weighted by Crippen LogP contribution is 2.24. The maximum absolute atomic E-state index is 13.1. The normalized spacial score (nSPS) is 11.9. The Kier molecular flexibility index (Phi) is 5.95. The van der Waals surface area contributed by atoms with E-state index in [1.165, 1.54) is 6.26 Å². The minimum absolute atomic E-state index is 0.154. The Labute approximate surface area is 179 Å². The molecule has 4 rings (SSSR count). The van der Waals surface area contributed by atoms with Crippen molar-refractivity contribution in [3.8, 4) is 11.4 Å². The molecule has 0 fully saturated rings. The van der Waals surface area contributed by atoms with Crippen molar-refractivity contribution in [2.75, 3.05) is 6.54 Å². The van der Waals surface area contributed by atoms with E-state index in [-0.39, 0.29) is 11.9 Å². The van der Waals surface area contributed by atoms with Crippen molar-refractivity contribution in [1.29, 1.82) is 0 Å². The fourth-order valence-electron chi connectivity index (χ4n) is 3.24. The molecule has 152 valence electrons. The van der Waals surface area contributed by atoms with Crippen LogP contribution in [0.5, 0.6) is 0 Å². The standard InChI is InChI=1S/C23H20ClN3O3/c1-16(17-7-3-2-4-8-17)27(23(28)20-11-6-14-29-20)13-12-21-25-22(26-30-21)18-9-5-10-19(24)15-18/h2-11,14-16H,12-13H2,1H3/t16-/m0/s1. The van der Waals surface area contributed by atoms with Gasteiger partial charge in [0.05, 0.1) is 12.3 Å². The molecule has 0 saturated heterocycles. The van der Waals surface area contributed by atoms with Crippen LogP contribution in [0.1, 0.15) is 35.0 Å². The third-order valence-electron chi connectivity index (χ3n) is 4.86. The first-order valence-electron chi connectivity index (χ1n) is 9.60. The number of furan rings is 1. The SMILES string of the molecule is C[C@@H](c1ccccc1)N(CCc1nc(-c2cccc(Cl)c2)no1)C(=O)c1ccco1. The largest absolute Gasteiger partial charge is 0.459 e. The Morgan fingerprint density at radius 3 is 2.67 bits per heavy atom. The summed E-state index contributed by atoms with van der Waals surface area (Å²) in [5.41, 5.74) is 1.81. The van der Waals surface area contributed by atoms with Gasteiger partial charge in [0, 0.05) is 23.6 Å². The number of nitrogens with zero attached hydrogens (tertiary/aromatic N) is 3. The van der Waals surface area contributed by atoms with E-state index in [2.05, 4.69) is 10.1 Å². The van der Waals surface area contributed by atoms with Crippen LogP contribution in [0.3, 0.4) is 0 Å². The Balaban J connectivity index is 1.53. The number of halogens is 1. The first kappa shape index (κ1) is 19.9. The second kappa shape index (κ2) is 8.97. The van der Waals surface area contributed by atoms with Gasteiger partial charge in [-0.15, -0.1) is 0 Å². The molecule has 0 bridgehead atoms. The van der Waals surface area contributed by atoms with Crippen LogP contribution in [0, 0.1) is 0 Å². The van der Waals surface area contributed by atoms with Crippen molar-refractivity contribution in [3.63, 3.8) is 0 Å². The number of carbonyl (C=O) groups excluding carboxylic acids is 1. The highest BCUT2D eigenvalue weighted by Gasteiger charge is 2.25. The maximum Gasteiger partial charge on any atom is 0.290 e. The lowest BCUT2D eigenvalue weighted by Gasteiger charge is -2.28. The molecule has 2 aromatic heterocycles. The predicted molar refractivity (Wildman–Crippen MR) is 113 cm³/mol. The predicted octanol–water partition coefficient (Wildman–Crippen LogP) is 5.43. The van der Waals surface area contributed by atoms with Crippen LogP contribution in [0.2, 0.25) is 5.02 Å². The minimum atomic E-state index is -0.189. The van der Waals surface area contributed by atoms with Gasteiger partial charge in [-0.25, -0.2) is 0 Å². The molecular formula is C23H20ClN3O3. The fraction of sp³-hybridized carbons (Fsp3) is 0.174. The zero-order valence-corrected chi connectivity index (χ0v) is 17.1. The van der Waals surface area contributed by atoms with Crippen LogP contribution in [0.4, 0.5) is 0 Å². The summed E-state index contributed by atoms with van der Waals surface area (Å²) in [6.07, 6.45) is 1.91. The van der Waals surface area contributed by atoms with E-state index in [0.29, 0.717) is 35.5 Å². The summed E-state index contributed by atoms with van der Waals surface area (Å²) in [6, 6.07) is 20.3. The van der Waals surface area contributed by atoms with Gasteiger partial charge in [0.15, 0.2) is 5.76 Å². The molecule has 30 heavy (non-hydrogen) atoms. The molecule has 0 spiro atoms. The molecule has 7 heteroatoms. The lowest BCUT2D eigenvalue weighted by atomic mass is 10.1. The summed E-state index contributed by atoms with van der Waals surface area (Å²) in [5.74, 6) is 1.02. The minimum Gasteiger partial charge on any atom is -0.459 e. The Morgan fingerprint density at radius 1 is 1.10 bits per heavy atom. The molecule has 1 amide bonds. The molecular weight excluding hydrogens is 402 g/mol. The molecule has 0 unspecified atom stereocenters. The number of rotatable bonds is 7. The van der Waals surface area contributed by atoms with Crippen LogP contribution in [-0.2, 0) is 6.42 Å². The number of hydrogen-bond acceptors (Lipinski definition) is 5. The first-order valence-corrected chi connectivity index (χ1v) is 9.97. The van der Waals surface area contributed by atoms with E-state index >= 15 is 0 Å². The fourth-order valence-corrected chi connectivity index (χ4v) is 3.43. The Bertz CT molecular complexity index is 1110. The lowest BCUT2D eigenvalue weighted by Crippen LogP contribution is -2.35. The molecule has 2 heterocycles. The van der Waals surface area contributed by atoms with Gasteiger partial charge in [-0.3, -0.25) is 4.79 Å². The van der Waals surface area contributed by atoms with Gasteiger partial charge >= 0.3 is 0 Å². The molecule has 6 nitrogen and oxygen atoms in total. The summed E-state index contributed by atoms with van der Waals surface area (Å²) in [6.45, 7) is 2.38. The third-order valence-corrected chi connectivity index (χ3v) is 5.09. The van der Waals surface area contributed by atoms with E-state index in [9.17, 15) is 4.79 Å². The molecule has 4 aromatic rings. The Hall–Kier alpha value is -3.38. The van der Waals surface area contributed by atoms with E-state index < -0.39 is 0 Å². The summed E-state index contributed by atoms with van der Waals surface area (Å²) in [5, 5.41) is 4.64. The van der Waals surface area contributed by atoms with Gasteiger partial charge in [-0.2, -0.15) is 4.98 Å². The van der Waals surface area contributed by atoms with E-state index in [0.717, 1.165) is 11.1 Å². The van der Waals surface area contributed by atoms with E-state index in [1.807, 2.05) is 49.4 Å². The van der Waals surface area contributed by atoms with Gasteiger partial charge in [0.25, 0.3) is 5.91 Å². The van der Waals surface area contributed by atoms with Crippen LogP contribution < -0.4 is 0 Å². The molecule has 0 N–H and O–H groups in total. The number of hydrogen-bond donors (Lipinski definition) is 0. The number of carbonyl (C=O) groups is 1. The number of benzene rings is 2. The van der Waals surface area contributed by atoms with Crippen molar-refractivity contribution < 1.29 is 13.7 Å². The number of aromatic nitrogens is 2. The third kappa shape index (κ3) is 4.44. The molecule has 2 aromatic carbocycles. The smallest absolute Gasteiger partial charge is 0.290 e. The zero-order valence-electron chi connectivity index (χ0n) is 16.4. The van der Waals surface area contributed by atoms with Crippen LogP contribution in [0.25, 0.3) is 11.4 Å². The summed E-state index contributed by atoms with van der Waals surface area (Å²) in [4.78, 5) is 19.3. The molecule has 0 radical (unpaired) electrons. The van der Waals surface area contributed by atoms with Gasteiger partial charge in [-0.05, 0) is 36.8 Å². The number of amides is 1. The quantitative estimate of drug-likeness (QED) is 0.398. The summed E-state index contributed by atoms with van der Waals surface area (Å²) < 4.78 is 10.7. The van der Waals surface area contributed by atoms with Crippen LogP contribution in [-0.4, -0.2) is 27.5 Å². The van der Waals surface area contributed by atoms with Crippen molar-refractivity contribution in [1.82, 2.24) is 15.0 Å². The molecule has 0 aliphatic rings. The second-order valence-corrected chi connectivity index (χ2v) is 7.27. The van der Waals surface area contributed by atoms with Crippen molar-refractivity contribution in [3.05, 3.63) is 95.2 Å². The van der Waals surface area contributed by atoms with E-state index in [4.69, 9.17) is 20.5 Å². The van der Waals surface area contributed by atoms with Gasteiger partial charge in [-0.1, -0.05) is 59.2 Å². The van der Waals surface area contributed by atoms with Gasteiger partial charge in [0.2, 0.25) is 11.7 Å². The van der Waals surface area contributed by atoms with Gasteiger partial charge < -0.3 is 13.8 Å². The average molecular weight is 422 g/mol. The highest BCUT2D eigenvalue weighted by atomic mass is 35.5. The first-order chi connectivity index (χ1) is 14.6. The molecule has 0 saturated carbocycles. The highest BCUT2D eigenvalue weighted by molar-refractivity contribution is 6.30. The van der Waals surface area contributed by atoms with Crippen LogP contribution in [0.15, 0.2) is 81.9 Å². The summed E-state index contributed by atoms with van der Waals surface area (Å²) >= 11 is 6.04. The molecule has 0 aliphatic heterocycles. The average Bonchev–Trinajstić information content (AvgIpc) is 3.47. The van der Waals surface area contributed by atoms with Gasteiger partial charge in [0.1, 0.15) is 0 Å². The van der Waals surface area contributed by atoms with Crippen molar-refractivity contribution >= 4 is 17.5 Å². The monoisotopic (exact) mass is 421 g/mol. The topological polar surface area (TPSA) is 72.4 Å². The van der Waals surface area contributed by atoms with Crippen LogP contribution >= 0.6 is 11.6 Å². The zero-order chi connectivity index (χ0) is 20.9. The molecule has 0 aliphatic carbocycles. The summed E-state index contributed by atoms with van der Waals surface area (Å²) in [7, 11) is 0. The Morgan fingerprint density at radius 2 is 1.93 bits per heavy atom. The molecule has 1 atom stereocenters. The maximum atomic E-state index is 13.1. The second-order valence-electron chi connectivity index (χ2n) is 6.83. The van der Waals surface area contributed by atoms with E-state index in [1.54, 1.807) is 29.2 Å².